The van der Waals surface area contributed by atoms with Crippen molar-refractivity contribution >= 4 is 29.1 Å². The van der Waals surface area contributed by atoms with Gasteiger partial charge in [0.05, 0.1) is 16.7 Å². The fourth-order valence-electron chi connectivity index (χ4n) is 5.91. The van der Waals surface area contributed by atoms with Crippen molar-refractivity contribution in [2.75, 3.05) is 10.2 Å². The zero-order chi connectivity index (χ0) is 28.8. The number of halogens is 3. The summed E-state index contributed by atoms with van der Waals surface area (Å²) in [5.74, 6) is -0.824. The number of ketones is 1. The molecule has 40 heavy (non-hydrogen) atoms. The average Bonchev–Trinajstić information content (AvgIpc) is 3.72. The van der Waals surface area contributed by atoms with Crippen LogP contribution in [0, 0.1) is 5.92 Å². The molecule has 2 saturated heterocycles. The number of fused-ring (bicyclic) bond motifs is 2. The van der Waals surface area contributed by atoms with Crippen molar-refractivity contribution in [1.29, 1.82) is 0 Å². The summed E-state index contributed by atoms with van der Waals surface area (Å²) in [6.07, 6.45) is 2.17. The Morgan fingerprint density at radius 1 is 1.07 bits per heavy atom. The lowest BCUT2D eigenvalue weighted by atomic mass is 9.95. The Hall–Kier alpha value is -3.63. The van der Waals surface area contributed by atoms with Crippen LogP contribution in [-0.2, 0) is 6.18 Å². The lowest BCUT2D eigenvalue weighted by Gasteiger charge is -2.40. The predicted molar refractivity (Wildman–Crippen MR) is 144 cm³/mol. The van der Waals surface area contributed by atoms with Crippen LogP contribution in [0.25, 0.3) is 0 Å². The van der Waals surface area contributed by atoms with E-state index < -0.39 is 29.1 Å². The number of anilines is 2. The van der Waals surface area contributed by atoms with Gasteiger partial charge in [-0.1, -0.05) is 6.92 Å². The number of primary amides is 1. The molecule has 1 aliphatic carbocycles. The third kappa shape index (κ3) is 5.64. The first-order valence-electron chi connectivity index (χ1n) is 13.9. The molecular formula is C29H34F3N5O3. The fourth-order valence-corrected chi connectivity index (χ4v) is 5.91. The third-order valence-electron chi connectivity index (χ3n) is 8.30. The quantitative estimate of drug-likeness (QED) is 0.377. The van der Waals surface area contributed by atoms with Gasteiger partial charge in [0, 0.05) is 47.5 Å². The highest BCUT2D eigenvalue weighted by atomic mass is 19.4. The maximum Gasteiger partial charge on any atom is 0.417 e. The summed E-state index contributed by atoms with van der Waals surface area (Å²) in [4.78, 5) is 44.4. The number of nitrogens with one attached hydrogen (secondary N) is 2. The Kier molecular flexibility index (Phi) is 7.50. The summed E-state index contributed by atoms with van der Waals surface area (Å²) in [7, 11) is 0. The molecular weight excluding hydrogens is 523 g/mol. The number of benzene rings is 1. The van der Waals surface area contributed by atoms with Crippen LogP contribution in [0.15, 0.2) is 30.5 Å². The van der Waals surface area contributed by atoms with Crippen molar-refractivity contribution < 1.29 is 27.6 Å². The highest BCUT2D eigenvalue weighted by molar-refractivity contribution is 6.03. The topological polar surface area (TPSA) is 117 Å². The molecule has 1 aromatic carbocycles. The molecule has 2 aliphatic heterocycles. The molecule has 3 fully saturated rings. The standard InChI is InChI=1S/C29H34F3N5O3/c1-3-15(2)35-24-13-21(23(29(30,31)32)12-22(24)27(33)39)28(40)36-18-10-19-7-8-20(11-18)37(19)25-9-6-17(14-34-25)26(38)16-4-5-16/h6,9,12-16,18-20,35H,3-5,7-8,10-11H2,1-2H3,(H2,33,39)(H,36,40)/t15-,18?,19?,20?/m1/s1. The van der Waals surface area contributed by atoms with E-state index in [-0.39, 0.29) is 47.1 Å². The summed E-state index contributed by atoms with van der Waals surface area (Å²) in [5.41, 5.74) is 4.05. The molecule has 2 amide bonds. The highest BCUT2D eigenvalue weighted by Gasteiger charge is 2.43. The molecule has 1 saturated carbocycles. The first kappa shape index (κ1) is 27.9. The van der Waals surface area contributed by atoms with Crippen molar-refractivity contribution in [2.45, 2.75) is 89.1 Å². The van der Waals surface area contributed by atoms with Gasteiger partial charge >= 0.3 is 6.18 Å². The molecule has 11 heteroatoms. The average molecular weight is 558 g/mol. The zero-order valence-corrected chi connectivity index (χ0v) is 22.6. The van der Waals surface area contributed by atoms with Gasteiger partial charge in [0.25, 0.3) is 11.8 Å². The van der Waals surface area contributed by atoms with Crippen LogP contribution in [0.3, 0.4) is 0 Å². The second kappa shape index (κ2) is 10.7. The molecule has 3 aliphatic rings. The van der Waals surface area contributed by atoms with E-state index >= 15 is 0 Å². The Morgan fingerprint density at radius 3 is 2.27 bits per heavy atom. The summed E-state index contributed by atoms with van der Waals surface area (Å²) in [5, 5.41) is 5.84. The first-order valence-corrected chi connectivity index (χ1v) is 13.9. The Balaban J connectivity index is 1.34. The molecule has 2 unspecified atom stereocenters. The minimum atomic E-state index is -4.85. The number of amides is 2. The summed E-state index contributed by atoms with van der Waals surface area (Å²) < 4.78 is 42.0. The maximum absolute atomic E-state index is 14.0. The van der Waals surface area contributed by atoms with Crippen LogP contribution in [0.4, 0.5) is 24.7 Å². The largest absolute Gasteiger partial charge is 0.417 e. The van der Waals surface area contributed by atoms with E-state index in [4.69, 9.17) is 5.73 Å². The van der Waals surface area contributed by atoms with Crippen molar-refractivity contribution in [2.24, 2.45) is 11.7 Å². The Labute approximate surface area is 230 Å². The summed E-state index contributed by atoms with van der Waals surface area (Å²) >= 11 is 0. The van der Waals surface area contributed by atoms with Crippen LogP contribution in [-0.4, -0.2) is 46.7 Å². The number of carbonyl (C=O) groups is 3. The number of pyridine rings is 1. The minimum absolute atomic E-state index is 0.0727. The molecule has 0 radical (unpaired) electrons. The number of alkyl halides is 3. The van der Waals surface area contributed by atoms with Crippen molar-refractivity contribution in [3.05, 3.63) is 52.7 Å². The number of hydrogen-bond donors (Lipinski definition) is 3. The van der Waals surface area contributed by atoms with Crippen molar-refractivity contribution in [3.8, 4) is 0 Å². The number of carbonyl (C=O) groups excluding carboxylic acids is 3. The van der Waals surface area contributed by atoms with Crippen LogP contribution in [0.2, 0.25) is 0 Å². The number of Topliss-reactive ketones (excluding diaryl/α,β-unsaturated/α-hetero) is 1. The van der Waals surface area contributed by atoms with E-state index in [1.54, 1.807) is 6.20 Å². The Morgan fingerprint density at radius 2 is 1.75 bits per heavy atom. The molecule has 4 N–H and O–H groups in total. The molecule has 214 valence electrons. The SMILES string of the molecule is CC[C@@H](C)Nc1cc(C(=O)NC2CC3CCC(C2)N3c2ccc(C(=O)C3CC3)cn2)c(C(F)(F)F)cc1C(N)=O. The molecule has 8 nitrogen and oxygen atoms in total. The van der Waals surface area contributed by atoms with E-state index in [0.717, 1.165) is 37.6 Å². The molecule has 5 rings (SSSR count). The summed E-state index contributed by atoms with van der Waals surface area (Å²) in [6.45, 7) is 3.71. The number of hydrogen-bond acceptors (Lipinski definition) is 6. The van der Waals surface area contributed by atoms with Gasteiger partial charge in [0.15, 0.2) is 5.78 Å². The van der Waals surface area contributed by atoms with E-state index in [2.05, 4.69) is 20.5 Å². The lowest BCUT2D eigenvalue weighted by Crippen LogP contribution is -2.51. The third-order valence-corrected chi connectivity index (χ3v) is 8.30. The van der Waals surface area contributed by atoms with Crippen LogP contribution < -0.4 is 21.3 Å². The predicted octanol–water partition coefficient (Wildman–Crippen LogP) is 4.93. The van der Waals surface area contributed by atoms with Gasteiger partial charge in [-0.3, -0.25) is 14.4 Å². The molecule has 1 aromatic heterocycles. The molecule has 2 aromatic rings. The smallest absolute Gasteiger partial charge is 0.382 e. The summed E-state index contributed by atoms with van der Waals surface area (Å²) in [6, 6.07) is 5.10. The van der Waals surface area contributed by atoms with Gasteiger partial charge in [-0.15, -0.1) is 0 Å². The number of nitrogens with zero attached hydrogens (tertiary/aromatic N) is 2. The maximum atomic E-state index is 14.0. The molecule has 0 spiro atoms. The van der Waals surface area contributed by atoms with E-state index in [1.807, 2.05) is 26.0 Å². The second-order valence-corrected chi connectivity index (χ2v) is 11.2. The minimum Gasteiger partial charge on any atom is -0.382 e. The number of nitrogens with two attached hydrogens (primary N) is 1. The van der Waals surface area contributed by atoms with Crippen molar-refractivity contribution in [3.63, 3.8) is 0 Å². The second-order valence-electron chi connectivity index (χ2n) is 11.2. The van der Waals surface area contributed by atoms with Gasteiger partial charge in [-0.2, -0.15) is 13.2 Å². The van der Waals surface area contributed by atoms with Crippen LogP contribution in [0.1, 0.15) is 95.4 Å². The lowest BCUT2D eigenvalue weighted by molar-refractivity contribution is -0.137. The van der Waals surface area contributed by atoms with E-state index in [1.165, 1.54) is 0 Å². The fraction of sp³-hybridized carbons (Fsp3) is 0.517. The molecule has 3 atom stereocenters. The monoisotopic (exact) mass is 557 g/mol. The van der Waals surface area contributed by atoms with E-state index in [9.17, 15) is 27.6 Å². The van der Waals surface area contributed by atoms with Crippen LogP contribution >= 0.6 is 0 Å². The highest BCUT2D eigenvalue weighted by Crippen LogP contribution is 2.40. The van der Waals surface area contributed by atoms with Gasteiger partial charge in [0.1, 0.15) is 5.82 Å². The number of rotatable bonds is 9. The number of piperidine rings is 1. The van der Waals surface area contributed by atoms with Crippen LogP contribution in [0.5, 0.6) is 0 Å². The van der Waals surface area contributed by atoms with Gasteiger partial charge in [-0.05, 0) is 76.1 Å². The number of aromatic nitrogens is 1. The van der Waals surface area contributed by atoms with Gasteiger partial charge < -0.3 is 21.3 Å². The van der Waals surface area contributed by atoms with Gasteiger partial charge in [-0.25, -0.2) is 4.98 Å². The van der Waals surface area contributed by atoms with E-state index in [0.29, 0.717) is 30.9 Å². The van der Waals surface area contributed by atoms with Gasteiger partial charge in [0.2, 0.25) is 0 Å². The molecule has 2 bridgehead atoms. The Bertz CT molecular complexity index is 1300. The first-order chi connectivity index (χ1) is 19.0. The molecule has 3 heterocycles. The normalized spacial score (nSPS) is 23.0. The van der Waals surface area contributed by atoms with Crippen molar-refractivity contribution in [1.82, 2.24) is 10.3 Å². The zero-order valence-electron chi connectivity index (χ0n) is 22.6.